The fourth-order valence-electron chi connectivity index (χ4n) is 4.27. The molecule has 4 nitrogen and oxygen atoms in total. The van der Waals surface area contributed by atoms with E-state index in [-0.39, 0.29) is 6.10 Å². The van der Waals surface area contributed by atoms with Crippen molar-refractivity contribution in [3.05, 3.63) is 18.2 Å². The SMILES string of the molecule is CC(C)CC1(Cn2cncc2C2CNCCO2)CCCC1. The summed E-state index contributed by atoms with van der Waals surface area (Å²) in [4.78, 5) is 4.40. The summed E-state index contributed by atoms with van der Waals surface area (Å²) < 4.78 is 8.28. The van der Waals surface area contributed by atoms with Gasteiger partial charge in [-0.15, -0.1) is 0 Å². The van der Waals surface area contributed by atoms with Crippen LogP contribution in [0.3, 0.4) is 0 Å². The first-order valence-corrected chi connectivity index (χ1v) is 8.51. The molecule has 1 unspecified atom stereocenters. The van der Waals surface area contributed by atoms with Crippen LogP contribution in [0.25, 0.3) is 0 Å². The first kappa shape index (κ1) is 15.0. The van der Waals surface area contributed by atoms with E-state index in [2.05, 4.69) is 28.7 Å². The van der Waals surface area contributed by atoms with Gasteiger partial charge < -0.3 is 14.6 Å². The number of imidazole rings is 1. The summed E-state index contributed by atoms with van der Waals surface area (Å²) in [6.45, 7) is 8.48. The van der Waals surface area contributed by atoms with Crippen molar-refractivity contribution in [1.29, 1.82) is 0 Å². The summed E-state index contributed by atoms with van der Waals surface area (Å²) in [6, 6.07) is 0. The largest absolute Gasteiger partial charge is 0.369 e. The van der Waals surface area contributed by atoms with Crippen molar-refractivity contribution in [3.8, 4) is 0 Å². The maximum absolute atomic E-state index is 5.92. The Hall–Kier alpha value is -0.870. The summed E-state index contributed by atoms with van der Waals surface area (Å²) in [5.41, 5.74) is 1.73. The third-order valence-corrected chi connectivity index (χ3v) is 5.01. The highest BCUT2D eigenvalue weighted by Gasteiger charge is 2.35. The molecule has 1 aromatic rings. The van der Waals surface area contributed by atoms with Crippen molar-refractivity contribution in [2.24, 2.45) is 11.3 Å². The standard InChI is InChI=1S/C17H29N3O/c1-14(2)9-17(5-3-4-6-17)12-20-13-19-10-15(20)16-11-18-7-8-21-16/h10,13-14,16,18H,3-9,11-12H2,1-2H3. The number of hydrogen-bond acceptors (Lipinski definition) is 3. The number of nitrogens with one attached hydrogen (secondary N) is 1. The second-order valence-electron chi connectivity index (χ2n) is 7.32. The van der Waals surface area contributed by atoms with Crippen molar-refractivity contribution in [2.75, 3.05) is 19.7 Å². The molecule has 21 heavy (non-hydrogen) atoms. The first-order chi connectivity index (χ1) is 10.2. The first-order valence-electron chi connectivity index (χ1n) is 8.51. The zero-order valence-corrected chi connectivity index (χ0v) is 13.5. The Balaban J connectivity index is 1.75. The Bertz CT molecular complexity index is 443. The fourth-order valence-corrected chi connectivity index (χ4v) is 4.27. The average molecular weight is 291 g/mol. The van der Waals surface area contributed by atoms with Crippen molar-refractivity contribution >= 4 is 0 Å². The predicted molar refractivity (Wildman–Crippen MR) is 84.1 cm³/mol. The Morgan fingerprint density at radius 3 is 2.90 bits per heavy atom. The number of ether oxygens (including phenoxy) is 1. The molecule has 1 aliphatic heterocycles. The molecular weight excluding hydrogens is 262 g/mol. The minimum absolute atomic E-state index is 0.166. The van der Waals surface area contributed by atoms with Gasteiger partial charge in [0.1, 0.15) is 6.10 Å². The van der Waals surface area contributed by atoms with E-state index in [1.165, 1.54) is 37.8 Å². The molecule has 0 amide bonds. The van der Waals surface area contributed by atoms with Crippen LogP contribution in [0, 0.1) is 11.3 Å². The molecule has 118 valence electrons. The van der Waals surface area contributed by atoms with Gasteiger partial charge in [0.2, 0.25) is 0 Å². The van der Waals surface area contributed by atoms with E-state index < -0.39 is 0 Å². The normalized spacial score (nSPS) is 25.6. The van der Waals surface area contributed by atoms with Crippen molar-refractivity contribution in [3.63, 3.8) is 0 Å². The van der Waals surface area contributed by atoms with Gasteiger partial charge in [-0.1, -0.05) is 26.7 Å². The zero-order chi connectivity index (χ0) is 14.7. The quantitative estimate of drug-likeness (QED) is 0.906. The predicted octanol–water partition coefficient (Wildman–Crippen LogP) is 3.15. The Morgan fingerprint density at radius 1 is 1.43 bits per heavy atom. The van der Waals surface area contributed by atoms with Crippen LogP contribution in [0.1, 0.15) is 57.7 Å². The molecule has 1 saturated carbocycles. The van der Waals surface area contributed by atoms with Gasteiger partial charge >= 0.3 is 0 Å². The molecule has 2 aliphatic rings. The topological polar surface area (TPSA) is 39.1 Å². The maximum Gasteiger partial charge on any atom is 0.111 e. The van der Waals surface area contributed by atoms with Crippen molar-refractivity contribution in [1.82, 2.24) is 14.9 Å². The van der Waals surface area contributed by atoms with Crippen LogP contribution < -0.4 is 5.32 Å². The molecule has 1 atom stereocenters. The van der Waals surface area contributed by atoms with E-state index in [0.29, 0.717) is 5.41 Å². The molecule has 1 aromatic heterocycles. The summed E-state index contributed by atoms with van der Waals surface area (Å²) >= 11 is 0. The van der Waals surface area contributed by atoms with Crippen LogP contribution in [0.5, 0.6) is 0 Å². The molecular formula is C17H29N3O. The van der Waals surface area contributed by atoms with Gasteiger partial charge in [0.25, 0.3) is 0 Å². The number of aromatic nitrogens is 2. The fraction of sp³-hybridized carbons (Fsp3) is 0.824. The second kappa shape index (κ2) is 6.49. The minimum atomic E-state index is 0.166. The van der Waals surface area contributed by atoms with Gasteiger partial charge in [-0.2, -0.15) is 0 Å². The van der Waals surface area contributed by atoms with Crippen LogP contribution in [-0.2, 0) is 11.3 Å². The van der Waals surface area contributed by atoms with E-state index in [0.717, 1.165) is 32.2 Å². The number of nitrogens with zero attached hydrogens (tertiary/aromatic N) is 2. The number of rotatable bonds is 5. The van der Waals surface area contributed by atoms with Gasteiger partial charge in [0.15, 0.2) is 0 Å². The van der Waals surface area contributed by atoms with Crippen molar-refractivity contribution < 1.29 is 4.74 Å². The lowest BCUT2D eigenvalue weighted by Gasteiger charge is -2.33. The lowest BCUT2D eigenvalue weighted by molar-refractivity contribution is 0.0211. The average Bonchev–Trinajstić information content (AvgIpc) is 3.09. The summed E-state index contributed by atoms with van der Waals surface area (Å²) in [7, 11) is 0. The van der Waals surface area contributed by atoms with E-state index in [4.69, 9.17) is 4.74 Å². The summed E-state index contributed by atoms with van der Waals surface area (Å²) in [5.74, 6) is 0.766. The molecule has 1 N–H and O–H groups in total. The molecule has 4 heteroatoms. The molecule has 0 spiro atoms. The molecule has 0 aromatic carbocycles. The number of hydrogen-bond donors (Lipinski definition) is 1. The Labute approximate surface area is 128 Å². The van der Waals surface area contributed by atoms with Crippen LogP contribution in [0.2, 0.25) is 0 Å². The molecule has 0 radical (unpaired) electrons. The highest BCUT2D eigenvalue weighted by molar-refractivity contribution is 5.06. The van der Waals surface area contributed by atoms with Crippen LogP contribution in [0.15, 0.2) is 12.5 Å². The third kappa shape index (κ3) is 3.49. The van der Waals surface area contributed by atoms with Gasteiger partial charge in [0.05, 0.1) is 24.8 Å². The highest BCUT2D eigenvalue weighted by Crippen LogP contribution is 2.45. The van der Waals surface area contributed by atoms with E-state index in [1.807, 2.05) is 12.5 Å². The smallest absolute Gasteiger partial charge is 0.111 e. The van der Waals surface area contributed by atoms with Gasteiger partial charge in [-0.25, -0.2) is 4.98 Å². The molecule has 0 bridgehead atoms. The number of morpholine rings is 1. The third-order valence-electron chi connectivity index (χ3n) is 5.01. The highest BCUT2D eigenvalue weighted by atomic mass is 16.5. The Kier molecular flexibility index (Phi) is 4.65. The van der Waals surface area contributed by atoms with E-state index in [1.54, 1.807) is 0 Å². The minimum Gasteiger partial charge on any atom is -0.369 e. The Morgan fingerprint density at radius 2 is 2.24 bits per heavy atom. The second-order valence-corrected chi connectivity index (χ2v) is 7.32. The van der Waals surface area contributed by atoms with Gasteiger partial charge in [-0.05, 0) is 30.6 Å². The molecule has 1 saturated heterocycles. The monoisotopic (exact) mass is 291 g/mol. The van der Waals surface area contributed by atoms with Crippen LogP contribution in [-0.4, -0.2) is 29.2 Å². The van der Waals surface area contributed by atoms with Crippen LogP contribution in [0.4, 0.5) is 0 Å². The molecule has 2 fully saturated rings. The van der Waals surface area contributed by atoms with Crippen molar-refractivity contribution in [2.45, 2.75) is 58.6 Å². The molecule has 2 heterocycles. The molecule has 3 rings (SSSR count). The lowest BCUT2D eigenvalue weighted by Crippen LogP contribution is -2.35. The van der Waals surface area contributed by atoms with Crippen LogP contribution >= 0.6 is 0 Å². The van der Waals surface area contributed by atoms with E-state index >= 15 is 0 Å². The summed E-state index contributed by atoms with van der Waals surface area (Å²) in [6.07, 6.45) is 11.0. The zero-order valence-electron chi connectivity index (χ0n) is 13.5. The summed E-state index contributed by atoms with van der Waals surface area (Å²) in [5, 5.41) is 3.42. The van der Waals surface area contributed by atoms with E-state index in [9.17, 15) is 0 Å². The van der Waals surface area contributed by atoms with Gasteiger partial charge in [-0.3, -0.25) is 0 Å². The maximum atomic E-state index is 5.92. The van der Waals surface area contributed by atoms with Gasteiger partial charge in [0, 0.05) is 19.6 Å². The lowest BCUT2D eigenvalue weighted by atomic mass is 9.78. The molecule has 1 aliphatic carbocycles.